The summed E-state index contributed by atoms with van der Waals surface area (Å²) in [4.78, 5) is 127. The van der Waals surface area contributed by atoms with Crippen molar-refractivity contribution in [2.24, 2.45) is 0 Å². The molecule has 18 atom stereocenters. The van der Waals surface area contributed by atoms with Crippen molar-refractivity contribution >= 4 is 48.7 Å². The lowest BCUT2D eigenvalue weighted by Gasteiger charge is -2.26. The fourth-order valence-electron chi connectivity index (χ4n) is 8.56. The molecule has 4 aromatic heterocycles. The van der Waals surface area contributed by atoms with Crippen LogP contribution in [-0.2, 0) is 68.9 Å². The number of hydrogen-bond donors (Lipinski definition) is 13. The van der Waals surface area contributed by atoms with Crippen LogP contribution in [-0.4, -0.2) is 177 Å². The molecule has 448 valence electrons. The Morgan fingerprint density at radius 3 is 1.38 bits per heavy atom. The third kappa shape index (κ3) is 14.6. The van der Waals surface area contributed by atoms with Gasteiger partial charge in [0.1, 0.15) is 90.8 Å². The first-order valence-corrected chi connectivity index (χ1v) is 29.2. The maximum absolute atomic E-state index is 13.9. The molecule has 4 aliphatic heterocycles. The first-order valence-electron chi connectivity index (χ1n) is 23.2. The smallest absolute Gasteiger partial charge is 0.387 e. The normalized spacial score (nSPS) is 31.9. The van der Waals surface area contributed by atoms with Gasteiger partial charge in [0.25, 0.3) is 5.56 Å². The van der Waals surface area contributed by atoms with E-state index in [0.717, 1.165) is 46.1 Å². The van der Waals surface area contributed by atoms with Crippen LogP contribution in [0.15, 0.2) is 67.0 Å². The molecule has 0 spiro atoms. The van der Waals surface area contributed by atoms with Crippen LogP contribution < -0.4 is 45.5 Å². The number of nitrogens with two attached hydrogens (primary N) is 3. The Kier molecular flexibility index (Phi) is 18.5. The number of H-pyrrole nitrogens is 1. The molecule has 4 aromatic rings. The summed E-state index contributed by atoms with van der Waals surface area (Å²) >= 11 is 0. The maximum Gasteiger partial charge on any atom is 0.472 e. The molecule has 44 heteroatoms. The highest BCUT2D eigenvalue weighted by atomic mass is 31.2. The highest BCUT2D eigenvalue weighted by Gasteiger charge is 2.54. The van der Waals surface area contributed by atoms with Crippen LogP contribution >= 0.6 is 31.3 Å². The fourth-order valence-corrected chi connectivity index (χ4v) is 11.8. The van der Waals surface area contributed by atoms with Gasteiger partial charge in [-0.25, -0.2) is 37.4 Å². The number of rotatable bonds is 22. The maximum atomic E-state index is 13.9. The standard InChI is InChI=1S/C37H51N11O29P4/c1-14-9-48(37(57)44-30(14)53)23-8-15(16(71-23)10-67-78(58,59)60)75-79(61,62)69-12-18-28(26(51)32(73-18)46-6-3-21(39)42-35(46)55)77-81(65,66)70-13-19-29(27(52)33(74-19)47-7-4-22(40)43-36(47)56)76-80(63,64)68-11-17-24(49)25(50)31(72-17)45-5-2-20(38)41-34(45)54/h2-7,9,15-19,23-29,31-33,49-52H,8,10-13H2,1H3,(H,61,62)(H,63,64)(H,65,66)(H2,38,41,54)(H2,39,42,55)(H2,40,43,56)(H,44,53,57)(H2,58,59,60)/t15-,16+,17+,18+,19+,23+,24+,25+,26+,27+,28+,29+,31+,32+,33+/m0/s1. The molecule has 8 rings (SSSR count). The second kappa shape index (κ2) is 24.2. The second-order valence-electron chi connectivity index (χ2n) is 18.0. The zero-order chi connectivity index (χ0) is 59.3. The van der Waals surface area contributed by atoms with Crippen molar-refractivity contribution in [3.8, 4) is 0 Å². The van der Waals surface area contributed by atoms with Gasteiger partial charge < -0.3 is 81.0 Å². The van der Waals surface area contributed by atoms with Crippen LogP contribution in [0.1, 0.15) is 36.9 Å². The summed E-state index contributed by atoms with van der Waals surface area (Å²) in [5.41, 5.74) is 11.6. The number of nitrogens with one attached hydrogen (secondary N) is 1. The van der Waals surface area contributed by atoms with Gasteiger partial charge in [0.05, 0.1) is 26.4 Å². The Hall–Kier alpha value is -5.16. The third-order valence-corrected chi connectivity index (χ3v) is 15.8. The molecule has 81 heavy (non-hydrogen) atoms. The van der Waals surface area contributed by atoms with Crippen molar-refractivity contribution in [1.82, 2.24) is 38.2 Å². The zero-order valence-electron chi connectivity index (χ0n) is 41.1. The molecule has 0 aliphatic carbocycles. The number of aliphatic hydroxyl groups is 4. The number of phosphoric acid groups is 4. The highest BCUT2D eigenvalue weighted by molar-refractivity contribution is 7.48. The van der Waals surface area contributed by atoms with Crippen LogP contribution in [0.5, 0.6) is 0 Å². The van der Waals surface area contributed by atoms with Gasteiger partial charge in [-0.3, -0.25) is 59.7 Å². The van der Waals surface area contributed by atoms with Crippen LogP contribution in [0.25, 0.3) is 0 Å². The number of aryl methyl sites for hydroxylation is 1. The van der Waals surface area contributed by atoms with Crippen molar-refractivity contribution in [2.45, 2.75) is 105 Å². The van der Waals surface area contributed by atoms with Crippen molar-refractivity contribution < 1.29 is 114 Å². The predicted molar refractivity (Wildman–Crippen MR) is 259 cm³/mol. The fraction of sp³-hybridized carbons (Fsp3) is 0.568. The van der Waals surface area contributed by atoms with Gasteiger partial charge in [-0.1, -0.05) is 0 Å². The Morgan fingerprint density at radius 1 is 0.556 bits per heavy atom. The lowest BCUT2D eigenvalue weighted by Crippen LogP contribution is -2.39. The number of ether oxygens (including phenoxy) is 4. The molecule has 4 fully saturated rings. The van der Waals surface area contributed by atoms with Gasteiger partial charge in [0, 0.05) is 36.8 Å². The van der Waals surface area contributed by atoms with E-state index in [1.54, 1.807) is 0 Å². The first kappa shape index (κ1) is 61.9. The van der Waals surface area contributed by atoms with E-state index in [1.165, 1.54) is 13.0 Å². The van der Waals surface area contributed by atoms with E-state index in [4.69, 9.17) is 63.3 Å². The quantitative estimate of drug-likeness (QED) is 0.0326. The van der Waals surface area contributed by atoms with Crippen molar-refractivity contribution in [3.05, 3.63) is 101 Å². The van der Waals surface area contributed by atoms with Crippen LogP contribution in [0.3, 0.4) is 0 Å². The summed E-state index contributed by atoms with van der Waals surface area (Å²) in [7, 11) is -22.1. The Labute approximate surface area is 449 Å². The molecule has 0 bridgehead atoms. The third-order valence-electron chi connectivity index (χ3n) is 12.4. The van der Waals surface area contributed by atoms with Crippen molar-refractivity contribution in [3.63, 3.8) is 0 Å². The molecular weight excluding hydrogens is 1190 g/mol. The minimum atomic E-state index is -5.76. The van der Waals surface area contributed by atoms with E-state index in [2.05, 4.69) is 19.5 Å². The zero-order valence-corrected chi connectivity index (χ0v) is 44.7. The van der Waals surface area contributed by atoms with Crippen molar-refractivity contribution in [1.29, 1.82) is 0 Å². The summed E-state index contributed by atoms with van der Waals surface area (Å²) in [5.74, 6) is -0.792. The SMILES string of the molecule is Cc1cn([C@H]2C[C@H](OP(=O)(O)OC[C@H]3O[C@@H](n4ccc(N)nc4=O)[C@H](O)[C@@H]3OP(=O)(O)OC[C@H]3O[C@@H](n4ccc(N)nc4=O)[C@H](O)[C@@H]3OP(=O)(O)OC[C@H]3O[C@@H](n4ccc(N)nc4=O)[C@H](O)[C@@H]3O)[C@@H](COP(=O)(O)O)O2)c(=O)[nH]c1=O. The summed E-state index contributed by atoms with van der Waals surface area (Å²) in [6, 6.07) is 3.32. The molecule has 8 heterocycles. The minimum absolute atomic E-state index is 0.00983. The van der Waals surface area contributed by atoms with E-state index in [0.29, 0.717) is 9.13 Å². The van der Waals surface area contributed by atoms with E-state index in [9.17, 15) is 87.1 Å². The average molecular weight is 1240 g/mol. The Bertz CT molecular complexity index is 3470. The molecule has 0 saturated carbocycles. The number of phosphoric ester groups is 4. The molecular formula is C37H51N11O29P4. The lowest BCUT2D eigenvalue weighted by molar-refractivity contribution is -0.0656. The number of nitrogens with zero attached hydrogens (tertiary/aromatic N) is 7. The first-order chi connectivity index (χ1) is 37.8. The van der Waals surface area contributed by atoms with Crippen molar-refractivity contribution in [2.75, 3.05) is 43.6 Å². The molecule has 16 N–H and O–H groups in total. The van der Waals surface area contributed by atoms with E-state index in [-0.39, 0.29) is 23.0 Å². The number of anilines is 3. The molecule has 4 aliphatic rings. The molecule has 4 saturated heterocycles. The van der Waals surface area contributed by atoms with Gasteiger partial charge in [-0.2, -0.15) is 15.0 Å². The lowest BCUT2D eigenvalue weighted by atomic mass is 10.1. The molecule has 0 radical (unpaired) electrons. The predicted octanol–water partition coefficient (Wildman–Crippen LogP) is -5.60. The molecule has 0 aromatic carbocycles. The largest absolute Gasteiger partial charge is 0.472 e. The summed E-state index contributed by atoms with van der Waals surface area (Å²) in [6.45, 7) is -3.31. The van der Waals surface area contributed by atoms with Gasteiger partial charge in [-0.15, -0.1) is 0 Å². The Morgan fingerprint density at radius 2 is 0.951 bits per heavy atom. The van der Waals surface area contributed by atoms with Gasteiger partial charge in [0.2, 0.25) is 0 Å². The van der Waals surface area contributed by atoms with Gasteiger partial charge in [-0.05, 0) is 25.1 Å². The number of aromatic amines is 1. The van der Waals surface area contributed by atoms with Gasteiger partial charge in [0.15, 0.2) is 18.7 Å². The van der Waals surface area contributed by atoms with E-state index >= 15 is 0 Å². The van der Waals surface area contributed by atoms with Crippen LogP contribution in [0, 0.1) is 6.92 Å². The molecule has 40 nitrogen and oxygen atoms in total. The van der Waals surface area contributed by atoms with Crippen LogP contribution in [0.4, 0.5) is 17.5 Å². The summed E-state index contributed by atoms with van der Waals surface area (Å²) in [5, 5.41) is 44.2. The van der Waals surface area contributed by atoms with E-state index in [1.807, 2.05) is 4.98 Å². The topological polar surface area (TPSA) is 589 Å². The summed E-state index contributed by atoms with van der Waals surface area (Å²) < 4.78 is 114. The average Bonchev–Trinajstić information content (AvgIpc) is 4.27. The minimum Gasteiger partial charge on any atom is -0.387 e. The number of nitrogen functional groups attached to an aromatic ring is 3. The summed E-state index contributed by atoms with van der Waals surface area (Å²) in [6.07, 6.45) is -24.9. The number of hydrogen-bond acceptors (Lipinski definition) is 30. The number of aromatic nitrogens is 8. The van der Waals surface area contributed by atoms with Gasteiger partial charge >= 0.3 is 54.0 Å². The van der Waals surface area contributed by atoms with Crippen LogP contribution in [0.2, 0.25) is 0 Å². The highest BCUT2D eigenvalue weighted by Crippen LogP contribution is 2.54. The Balaban J connectivity index is 0.987. The molecule has 3 unspecified atom stereocenters. The monoisotopic (exact) mass is 1240 g/mol. The second-order valence-corrected chi connectivity index (χ2v) is 23.4. The number of aliphatic hydroxyl groups excluding tert-OH is 4. The van der Waals surface area contributed by atoms with E-state index < -0.39 is 185 Å². The molecule has 0 amide bonds.